The first kappa shape index (κ1) is 16.1. The average Bonchev–Trinajstić information content (AvgIpc) is 3.02. The predicted molar refractivity (Wildman–Crippen MR) is 87.7 cm³/mol. The van der Waals surface area contributed by atoms with E-state index in [1.54, 1.807) is 0 Å². The number of aromatic nitrogens is 4. The summed E-state index contributed by atoms with van der Waals surface area (Å²) < 4.78 is 7.94. The van der Waals surface area contributed by atoms with E-state index in [1.165, 1.54) is 6.42 Å². The summed E-state index contributed by atoms with van der Waals surface area (Å²) in [5.74, 6) is 1.36. The molecule has 2 aromatic heterocycles. The van der Waals surface area contributed by atoms with Gasteiger partial charge in [0.05, 0.1) is 5.69 Å². The highest BCUT2D eigenvalue weighted by Crippen LogP contribution is 2.32. The normalized spacial score (nSPS) is 21.5. The van der Waals surface area contributed by atoms with Gasteiger partial charge in [0.1, 0.15) is 11.9 Å². The van der Waals surface area contributed by atoms with Crippen LogP contribution in [0, 0.1) is 5.92 Å². The van der Waals surface area contributed by atoms with Crippen molar-refractivity contribution < 1.29 is 4.74 Å². The fourth-order valence-corrected chi connectivity index (χ4v) is 3.10. The monoisotopic (exact) mass is 315 g/mol. The smallest absolute Gasteiger partial charge is 0.127 e. The van der Waals surface area contributed by atoms with Crippen LogP contribution in [0.2, 0.25) is 0 Å². The van der Waals surface area contributed by atoms with Crippen molar-refractivity contribution in [2.75, 3.05) is 13.2 Å². The Morgan fingerprint density at radius 1 is 1.35 bits per heavy atom. The van der Waals surface area contributed by atoms with E-state index in [2.05, 4.69) is 33.4 Å². The second-order valence-electron chi connectivity index (χ2n) is 6.07. The third kappa shape index (κ3) is 3.95. The van der Waals surface area contributed by atoms with Crippen molar-refractivity contribution >= 4 is 0 Å². The van der Waals surface area contributed by atoms with Crippen LogP contribution in [0.25, 0.3) is 0 Å². The maximum atomic E-state index is 6.02. The van der Waals surface area contributed by atoms with Crippen LogP contribution in [0.1, 0.15) is 43.0 Å². The minimum atomic E-state index is 0.127. The van der Waals surface area contributed by atoms with E-state index < -0.39 is 0 Å². The molecule has 6 nitrogen and oxygen atoms in total. The second-order valence-corrected chi connectivity index (χ2v) is 6.07. The molecular formula is C17H25N5O. The summed E-state index contributed by atoms with van der Waals surface area (Å²) in [4.78, 5) is 8.68. The van der Waals surface area contributed by atoms with Gasteiger partial charge in [-0.1, -0.05) is 6.92 Å². The molecule has 0 aromatic carbocycles. The third-order valence-corrected chi connectivity index (χ3v) is 4.41. The zero-order chi connectivity index (χ0) is 16.1. The van der Waals surface area contributed by atoms with Crippen LogP contribution in [-0.4, -0.2) is 32.9 Å². The molecule has 2 aromatic rings. The Balaban J connectivity index is 1.56. The number of ether oxygens (including phenoxy) is 1. The van der Waals surface area contributed by atoms with Gasteiger partial charge in [-0.25, -0.2) is 9.97 Å². The van der Waals surface area contributed by atoms with Gasteiger partial charge in [0.2, 0.25) is 0 Å². The van der Waals surface area contributed by atoms with Gasteiger partial charge >= 0.3 is 0 Å². The van der Waals surface area contributed by atoms with E-state index >= 15 is 0 Å². The van der Waals surface area contributed by atoms with Gasteiger partial charge in [0.15, 0.2) is 0 Å². The maximum absolute atomic E-state index is 6.02. The molecule has 0 spiro atoms. The summed E-state index contributed by atoms with van der Waals surface area (Å²) in [7, 11) is 1.98. The number of nitrogens with one attached hydrogen (secondary N) is 1. The van der Waals surface area contributed by atoms with Crippen LogP contribution < -0.4 is 5.32 Å². The Bertz CT molecular complexity index is 610. The lowest BCUT2D eigenvalue weighted by Crippen LogP contribution is -2.32. The van der Waals surface area contributed by atoms with Crippen LogP contribution in [0.4, 0.5) is 0 Å². The molecule has 1 saturated heterocycles. The van der Waals surface area contributed by atoms with Gasteiger partial charge in [0.25, 0.3) is 0 Å². The fourth-order valence-electron chi connectivity index (χ4n) is 3.10. The van der Waals surface area contributed by atoms with Crippen LogP contribution in [-0.2, 0) is 24.8 Å². The third-order valence-electron chi connectivity index (χ3n) is 4.41. The van der Waals surface area contributed by atoms with E-state index in [0.29, 0.717) is 5.92 Å². The van der Waals surface area contributed by atoms with Gasteiger partial charge in [0, 0.05) is 63.2 Å². The van der Waals surface area contributed by atoms with E-state index in [4.69, 9.17) is 4.74 Å². The molecule has 2 atom stereocenters. The van der Waals surface area contributed by atoms with Gasteiger partial charge < -0.3 is 10.1 Å². The average molecular weight is 315 g/mol. The Hall–Kier alpha value is -1.79. The molecule has 1 aliphatic rings. The Morgan fingerprint density at radius 2 is 2.17 bits per heavy atom. The summed E-state index contributed by atoms with van der Waals surface area (Å²) in [5, 5.41) is 7.80. The van der Waals surface area contributed by atoms with Crippen molar-refractivity contribution in [1.82, 2.24) is 25.1 Å². The van der Waals surface area contributed by atoms with Crippen molar-refractivity contribution in [3.63, 3.8) is 0 Å². The summed E-state index contributed by atoms with van der Waals surface area (Å²) in [5.41, 5.74) is 2.28. The zero-order valence-electron chi connectivity index (χ0n) is 13.9. The van der Waals surface area contributed by atoms with Crippen molar-refractivity contribution in [3.05, 3.63) is 41.7 Å². The van der Waals surface area contributed by atoms with Crippen molar-refractivity contribution in [1.29, 1.82) is 0 Å². The Kier molecular flexibility index (Phi) is 5.35. The highest BCUT2D eigenvalue weighted by atomic mass is 16.5. The van der Waals surface area contributed by atoms with Gasteiger partial charge in [-0.15, -0.1) is 0 Å². The molecule has 1 N–H and O–H groups in total. The molecule has 3 rings (SSSR count). The van der Waals surface area contributed by atoms with Crippen molar-refractivity contribution in [2.24, 2.45) is 13.0 Å². The van der Waals surface area contributed by atoms with Gasteiger partial charge in [-0.3, -0.25) is 4.68 Å². The van der Waals surface area contributed by atoms with Crippen molar-refractivity contribution in [3.8, 4) is 0 Å². The van der Waals surface area contributed by atoms with Crippen LogP contribution in [0.15, 0.2) is 24.7 Å². The van der Waals surface area contributed by atoms with Gasteiger partial charge in [-0.2, -0.15) is 5.10 Å². The summed E-state index contributed by atoms with van der Waals surface area (Å²) >= 11 is 0. The molecule has 23 heavy (non-hydrogen) atoms. The zero-order valence-corrected chi connectivity index (χ0v) is 13.9. The summed E-state index contributed by atoms with van der Waals surface area (Å²) in [6.45, 7) is 4.61. The molecule has 3 heterocycles. The molecule has 0 radical (unpaired) electrons. The minimum Gasteiger partial charge on any atom is -0.372 e. The Morgan fingerprint density at radius 3 is 2.87 bits per heavy atom. The summed E-state index contributed by atoms with van der Waals surface area (Å²) in [6.07, 6.45) is 8.96. The van der Waals surface area contributed by atoms with E-state index in [-0.39, 0.29) is 6.10 Å². The molecule has 1 aliphatic heterocycles. The van der Waals surface area contributed by atoms with Crippen LogP contribution >= 0.6 is 0 Å². The number of hydrogen-bond donors (Lipinski definition) is 1. The SMILES string of the molecule is CCc1ncc(CNC[C@@H]2CCCO[C@H]2c2ccnn2C)cn1. The number of hydrogen-bond acceptors (Lipinski definition) is 5. The molecule has 0 unspecified atom stereocenters. The first-order valence-corrected chi connectivity index (χ1v) is 8.38. The Labute approximate surface area is 137 Å². The summed E-state index contributed by atoms with van der Waals surface area (Å²) in [6, 6.07) is 2.06. The predicted octanol–water partition coefficient (Wildman–Crippen LogP) is 2.03. The topological polar surface area (TPSA) is 64.9 Å². The molecule has 0 aliphatic carbocycles. The maximum Gasteiger partial charge on any atom is 0.127 e. The number of rotatable bonds is 6. The molecule has 0 amide bonds. The lowest BCUT2D eigenvalue weighted by atomic mass is 9.92. The second kappa shape index (κ2) is 7.66. The largest absolute Gasteiger partial charge is 0.372 e. The quantitative estimate of drug-likeness (QED) is 0.883. The lowest BCUT2D eigenvalue weighted by molar-refractivity contribution is -0.0323. The van der Waals surface area contributed by atoms with Gasteiger partial charge in [-0.05, 0) is 18.9 Å². The van der Waals surface area contributed by atoms with E-state index in [1.807, 2.05) is 30.3 Å². The highest BCUT2D eigenvalue weighted by Gasteiger charge is 2.29. The van der Waals surface area contributed by atoms with Crippen LogP contribution in [0.5, 0.6) is 0 Å². The first-order valence-electron chi connectivity index (χ1n) is 8.38. The highest BCUT2D eigenvalue weighted by molar-refractivity contribution is 5.08. The van der Waals surface area contributed by atoms with E-state index in [9.17, 15) is 0 Å². The fraction of sp³-hybridized carbons (Fsp3) is 0.588. The standard InChI is InChI=1S/C17H25N5O/c1-3-16-19-10-13(11-20-16)9-18-12-14-5-4-8-23-17(14)15-6-7-21-22(15)2/h6-7,10-11,14,17-18H,3-5,8-9,12H2,1-2H3/t14-,17+/m0/s1. The van der Waals surface area contributed by atoms with E-state index in [0.717, 1.165) is 49.6 Å². The molecule has 124 valence electrons. The molecule has 0 bridgehead atoms. The molecule has 0 saturated carbocycles. The molecule has 1 fully saturated rings. The molecule has 6 heteroatoms. The van der Waals surface area contributed by atoms with Crippen LogP contribution in [0.3, 0.4) is 0 Å². The molecular weight excluding hydrogens is 290 g/mol. The van der Waals surface area contributed by atoms with Crippen molar-refractivity contribution in [2.45, 2.75) is 38.8 Å². The number of aryl methyl sites for hydroxylation is 2. The minimum absolute atomic E-state index is 0.127. The number of nitrogens with zero attached hydrogens (tertiary/aromatic N) is 4. The lowest BCUT2D eigenvalue weighted by Gasteiger charge is -2.32. The first-order chi connectivity index (χ1) is 11.3.